The van der Waals surface area contributed by atoms with Crippen molar-refractivity contribution in [1.29, 1.82) is 0 Å². The molecule has 0 unspecified atom stereocenters. The molecule has 0 aromatic heterocycles. The fraction of sp³-hybridized carbons (Fsp3) is 0.278. The first-order valence-corrected chi connectivity index (χ1v) is 9.49. The molecule has 0 saturated carbocycles. The fourth-order valence-corrected chi connectivity index (χ4v) is 4.22. The Bertz CT molecular complexity index is 875. The maximum Gasteiger partial charge on any atom is 0.260 e. The van der Waals surface area contributed by atoms with Crippen LogP contribution in [0.2, 0.25) is 0 Å². The van der Waals surface area contributed by atoms with E-state index in [2.05, 4.69) is 0 Å². The van der Waals surface area contributed by atoms with Gasteiger partial charge < -0.3 is 14.4 Å². The molecule has 0 spiro atoms. The first-order chi connectivity index (χ1) is 12.4. The van der Waals surface area contributed by atoms with E-state index in [4.69, 9.17) is 9.47 Å². The van der Waals surface area contributed by atoms with Gasteiger partial charge in [0.05, 0.1) is 12.0 Å². The number of hydrogen-bond acceptors (Lipinski definition) is 5. The van der Waals surface area contributed by atoms with Crippen molar-refractivity contribution in [3.8, 4) is 11.5 Å². The lowest BCUT2D eigenvalue weighted by molar-refractivity contribution is -0.136. The zero-order valence-electron chi connectivity index (χ0n) is 14.1. The van der Waals surface area contributed by atoms with Gasteiger partial charge in [0.25, 0.3) is 5.91 Å². The topological polar surface area (TPSA) is 72.9 Å². The number of hydrogen-bond donors (Lipinski definition) is 0. The Hall–Kier alpha value is -2.61. The number of likely N-dealkylation sites (tertiary alicyclic amines) is 1. The van der Waals surface area contributed by atoms with Gasteiger partial charge in [0.15, 0.2) is 16.4 Å². The maximum atomic E-state index is 12.9. The van der Waals surface area contributed by atoms with Crippen molar-refractivity contribution in [2.75, 3.05) is 26.8 Å². The number of halogens is 1. The number of methoxy groups -OCH3 is 1. The molecule has 8 heteroatoms. The highest BCUT2D eigenvalue weighted by atomic mass is 32.2. The van der Waals surface area contributed by atoms with Gasteiger partial charge in [0.2, 0.25) is 0 Å². The highest BCUT2D eigenvalue weighted by Crippen LogP contribution is 2.24. The predicted molar refractivity (Wildman–Crippen MR) is 92.4 cm³/mol. The SMILES string of the molecule is COc1ccc(OCC(=O)N2CC(S(=O)(=O)c3ccc(F)cc3)C2)cc1. The third-order valence-corrected chi connectivity index (χ3v) is 6.31. The molecule has 1 aliphatic rings. The summed E-state index contributed by atoms with van der Waals surface area (Å²) in [6, 6.07) is 11.5. The Kier molecular flexibility index (Phi) is 5.13. The van der Waals surface area contributed by atoms with Crippen LogP contribution in [0.5, 0.6) is 11.5 Å². The van der Waals surface area contributed by atoms with E-state index in [0.717, 1.165) is 12.1 Å². The lowest BCUT2D eigenvalue weighted by atomic mass is 10.2. The quantitative estimate of drug-likeness (QED) is 0.717. The Labute approximate surface area is 151 Å². The summed E-state index contributed by atoms with van der Waals surface area (Å²) in [5, 5.41) is -0.683. The number of ether oxygens (including phenoxy) is 2. The van der Waals surface area contributed by atoms with Gasteiger partial charge in [-0.1, -0.05) is 0 Å². The van der Waals surface area contributed by atoms with E-state index < -0.39 is 20.9 Å². The number of benzene rings is 2. The highest BCUT2D eigenvalue weighted by molar-refractivity contribution is 7.92. The maximum absolute atomic E-state index is 12.9. The zero-order valence-corrected chi connectivity index (χ0v) is 14.9. The van der Waals surface area contributed by atoms with Crippen LogP contribution < -0.4 is 9.47 Å². The molecule has 1 fully saturated rings. The second kappa shape index (κ2) is 7.33. The summed E-state index contributed by atoms with van der Waals surface area (Å²) < 4.78 is 48.2. The second-order valence-electron chi connectivity index (χ2n) is 5.88. The molecule has 1 saturated heterocycles. The average molecular weight is 379 g/mol. The number of carbonyl (C=O) groups is 1. The summed E-state index contributed by atoms with van der Waals surface area (Å²) in [4.78, 5) is 13.6. The molecule has 2 aromatic carbocycles. The van der Waals surface area contributed by atoms with Crippen LogP contribution in [0.25, 0.3) is 0 Å². The number of nitrogens with zero attached hydrogens (tertiary/aromatic N) is 1. The Morgan fingerprint density at radius 1 is 1.08 bits per heavy atom. The van der Waals surface area contributed by atoms with Crippen LogP contribution in [0.1, 0.15) is 0 Å². The molecule has 3 rings (SSSR count). The molecule has 0 aliphatic carbocycles. The van der Waals surface area contributed by atoms with E-state index in [1.807, 2.05) is 0 Å². The van der Waals surface area contributed by atoms with Crippen LogP contribution in [0.15, 0.2) is 53.4 Å². The first kappa shape index (κ1) is 18.2. The van der Waals surface area contributed by atoms with Crippen molar-refractivity contribution in [2.24, 2.45) is 0 Å². The van der Waals surface area contributed by atoms with Gasteiger partial charge in [-0.25, -0.2) is 12.8 Å². The van der Waals surface area contributed by atoms with E-state index in [9.17, 15) is 17.6 Å². The van der Waals surface area contributed by atoms with Gasteiger partial charge >= 0.3 is 0 Å². The smallest absolute Gasteiger partial charge is 0.260 e. The average Bonchev–Trinajstić information content (AvgIpc) is 2.59. The van der Waals surface area contributed by atoms with Crippen molar-refractivity contribution in [2.45, 2.75) is 10.1 Å². The summed E-state index contributed by atoms with van der Waals surface area (Å²) in [5.74, 6) is 0.423. The molecule has 0 radical (unpaired) electrons. The summed E-state index contributed by atoms with van der Waals surface area (Å²) in [6.07, 6.45) is 0. The van der Waals surface area contributed by atoms with Crippen LogP contribution >= 0.6 is 0 Å². The monoisotopic (exact) mass is 379 g/mol. The summed E-state index contributed by atoms with van der Waals surface area (Å²) in [7, 11) is -2.02. The summed E-state index contributed by atoms with van der Waals surface area (Å²) in [5.41, 5.74) is 0. The van der Waals surface area contributed by atoms with Crippen molar-refractivity contribution in [1.82, 2.24) is 4.90 Å². The normalized spacial score (nSPS) is 14.6. The van der Waals surface area contributed by atoms with Crippen LogP contribution in [-0.4, -0.2) is 51.3 Å². The third kappa shape index (κ3) is 3.80. The largest absolute Gasteiger partial charge is 0.497 e. The molecule has 138 valence electrons. The fourth-order valence-electron chi connectivity index (χ4n) is 2.56. The summed E-state index contributed by atoms with van der Waals surface area (Å²) in [6.45, 7) is 0.0324. The van der Waals surface area contributed by atoms with E-state index >= 15 is 0 Å². The van der Waals surface area contributed by atoms with E-state index in [-0.39, 0.29) is 30.5 Å². The number of sulfone groups is 1. The zero-order chi connectivity index (χ0) is 18.7. The van der Waals surface area contributed by atoms with Crippen LogP contribution in [0, 0.1) is 5.82 Å². The van der Waals surface area contributed by atoms with Gasteiger partial charge in [-0.3, -0.25) is 4.79 Å². The molecule has 0 N–H and O–H groups in total. The number of amides is 1. The minimum Gasteiger partial charge on any atom is -0.497 e. The van der Waals surface area contributed by atoms with Crippen molar-refractivity contribution < 1.29 is 27.1 Å². The van der Waals surface area contributed by atoms with Crippen LogP contribution in [0.3, 0.4) is 0 Å². The molecule has 1 amide bonds. The number of carbonyl (C=O) groups excluding carboxylic acids is 1. The third-order valence-electron chi connectivity index (χ3n) is 4.20. The Morgan fingerprint density at radius 2 is 1.65 bits per heavy atom. The van der Waals surface area contributed by atoms with E-state index in [1.165, 1.54) is 17.0 Å². The minimum atomic E-state index is -3.58. The molecule has 1 aliphatic heterocycles. The predicted octanol–water partition coefficient (Wildman–Crippen LogP) is 1.90. The van der Waals surface area contributed by atoms with Gasteiger partial charge in [0.1, 0.15) is 22.6 Å². The standard InChI is InChI=1S/C18H18FNO5S/c1-24-14-4-6-15(7-5-14)25-12-18(21)20-10-17(11-20)26(22,23)16-8-2-13(19)3-9-16/h2-9,17H,10-12H2,1H3. The van der Waals surface area contributed by atoms with E-state index in [0.29, 0.717) is 11.5 Å². The Balaban J connectivity index is 1.52. The Morgan fingerprint density at radius 3 is 2.23 bits per heavy atom. The first-order valence-electron chi connectivity index (χ1n) is 7.94. The van der Waals surface area contributed by atoms with Gasteiger partial charge in [-0.2, -0.15) is 0 Å². The van der Waals surface area contributed by atoms with Gasteiger partial charge in [0, 0.05) is 13.1 Å². The highest BCUT2D eigenvalue weighted by Gasteiger charge is 2.40. The molecule has 0 atom stereocenters. The van der Waals surface area contributed by atoms with Crippen molar-refractivity contribution in [3.63, 3.8) is 0 Å². The summed E-state index contributed by atoms with van der Waals surface area (Å²) >= 11 is 0. The second-order valence-corrected chi connectivity index (χ2v) is 8.11. The number of rotatable bonds is 6. The lowest BCUT2D eigenvalue weighted by Crippen LogP contribution is -2.57. The van der Waals surface area contributed by atoms with Crippen molar-refractivity contribution in [3.05, 3.63) is 54.3 Å². The molecular formula is C18H18FNO5S. The van der Waals surface area contributed by atoms with Gasteiger partial charge in [-0.15, -0.1) is 0 Å². The van der Waals surface area contributed by atoms with Crippen LogP contribution in [-0.2, 0) is 14.6 Å². The molecule has 0 bridgehead atoms. The lowest BCUT2D eigenvalue weighted by Gasteiger charge is -2.38. The van der Waals surface area contributed by atoms with Gasteiger partial charge in [-0.05, 0) is 48.5 Å². The molecule has 2 aromatic rings. The van der Waals surface area contributed by atoms with Crippen LogP contribution in [0.4, 0.5) is 4.39 Å². The molecule has 1 heterocycles. The van der Waals surface area contributed by atoms with Crippen molar-refractivity contribution >= 4 is 15.7 Å². The van der Waals surface area contributed by atoms with E-state index in [1.54, 1.807) is 31.4 Å². The molecule has 6 nitrogen and oxygen atoms in total. The molecular weight excluding hydrogens is 361 g/mol. The molecule has 26 heavy (non-hydrogen) atoms. The minimum absolute atomic E-state index is 0.0606.